The molecule has 166 valence electrons. The maximum absolute atomic E-state index is 13.8. The number of halogens is 2. The Morgan fingerprint density at radius 2 is 1.69 bits per heavy atom. The summed E-state index contributed by atoms with van der Waals surface area (Å²) in [6.45, 7) is 6.17. The van der Waals surface area contributed by atoms with Gasteiger partial charge in [-0.25, -0.2) is 23.7 Å². The number of fused-ring (bicyclic) bond motifs is 1. The molecule has 1 aliphatic heterocycles. The van der Waals surface area contributed by atoms with Gasteiger partial charge in [-0.2, -0.15) is 10.1 Å². The number of rotatable bonds is 2. The summed E-state index contributed by atoms with van der Waals surface area (Å²) in [5.41, 5.74) is 3.28. The monoisotopic (exact) mass is 439 g/mol. The first kappa shape index (κ1) is 21.7. The molecule has 0 radical (unpaired) electrons. The van der Waals surface area contributed by atoms with Crippen LogP contribution < -0.4 is 4.90 Å². The van der Waals surface area contributed by atoms with Gasteiger partial charge in [0, 0.05) is 38.1 Å². The number of nitrogens with zero attached hydrogens (tertiary/aromatic N) is 7. The number of benzene rings is 1. The lowest BCUT2D eigenvalue weighted by Gasteiger charge is -2.27. The first-order chi connectivity index (χ1) is 15.4. The van der Waals surface area contributed by atoms with Gasteiger partial charge in [0.25, 0.3) is 0 Å². The maximum Gasteiger partial charge on any atom is 0.228 e. The number of ether oxygens (including phenoxy) is 1. The van der Waals surface area contributed by atoms with E-state index < -0.39 is 11.6 Å². The highest BCUT2D eigenvalue weighted by Gasteiger charge is 2.20. The zero-order valence-electron chi connectivity index (χ0n) is 18.1. The first-order valence-corrected chi connectivity index (χ1v) is 10.2. The van der Waals surface area contributed by atoms with Crippen molar-refractivity contribution in [2.75, 3.05) is 31.2 Å². The van der Waals surface area contributed by atoms with E-state index in [1.54, 1.807) is 10.9 Å². The standard InChI is InChI=1S/C18H17F2N5O.C4H6N2/c1-10-11(2)22-17-16(21-10)15(12-3-4-13(19)14(20)9-12)23-18(24-17)25-5-7-26-8-6-25;1-6-4-2-3-5-6/h3-4,9H,5-8H2,1-2H3;2-4H,1H3. The van der Waals surface area contributed by atoms with Gasteiger partial charge in [0.2, 0.25) is 5.95 Å². The van der Waals surface area contributed by atoms with Crippen molar-refractivity contribution < 1.29 is 13.5 Å². The third kappa shape index (κ3) is 4.70. The molecule has 0 unspecified atom stereocenters. The summed E-state index contributed by atoms with van der Waals surface area (Å²) >= 11 is 0. The van der Waals surface area contributed by atoms with Crippen LogP contribution in [0.5, 0.6) is 0 Å². The molecule has 3 aromatic heterocycles. The minimum atomic E-state index is -0.932. The molecular weight excluding hydrogens is 416 g/mol. The van der Waals surface area contributed by atoms with Crippen molar-refractivity contribution in [3.8, 4) is 11.3 Å². The fourth-order valence-corrected chi connectivity index (χ4v) is 3.20. The molecule has 0 bridgehead atoms. The molecule has 8 nitrogen and oxygen atoms in total. The molecule has 4 aromatic rings. The van der Waals surface area contributed by atoms with Gasteiger partial charge < -0.3 is 9.64 Å². The molecule has 4 heterocycles. The second kappa shape index (κ2) is 9.31. The van der Waals surface area contributed by atoms with Gasteiger partial charge in [-0.3, -0.25) is 4.68 Å². The van der Waals surface area contributed by atoms with Crippen LogP contribution in [0.3, 0.4) is 0 Å². The minimum absolute atomic E-state index is 0.434. The van der Waals surface area contributed by atoms with Crippen LogP contribution in [-0.2, 0) is 11.8 Å². The Hall–Kier alpha value is -3.53. The Kier molecular flexibility index (Phi) is 6.31. The summed E-state index contributed by atoms with van der Waals surface area (Å²) < 4.78 is 34.3. The fourth-order valence-electron chi connectivity index (χ4n) is 3.20. The van der Waals surface area contributed by atoms with E-state index in [0.29, 0.717) is 54.7 Å². The summed E-state index contributed by atoms with van der Waals surface area (Å²) in [7, 11) is 1.89. The SMILES string of the molecule is Cc1nc2nc(N3CCOCC3)nc(-c3ccc(F)c(F)c3)c2nc1C.Cn1cccn1. The second-order valence-corrected chi connectivity index (χ2v) is 7.35. The fraction of sp³-hybridized carbons (Fsp3) is 0.318. The van der Waals surface area contributed by atoms with E-state index in [9.17, 15) is 8.78 Å². The largest absolute Gasteiger partial charge is 0.378 e. The van der Waals surface area contributed by atoms with E-state index >= 15 is 0 Å². The lowest BCUT2D eigenvalue weighted by Crippen LogP contribution is -2.37. The molecule has 1 aromatic carbocycles. The Balaban J connectivity index is 0.000000354. The highest BCUT2D eigenvalue weighted by molar-refractivity contribution is 5.88. The van der Waals surface area contributed by atoms with Crippen molar-refractivity contribution in [2.45, 2.75) is 13.8 Å². The third-order valence-electron chi connectivity index (χ3n) is 5.05. The maximum atomic E-state index is 13.8. The molecule has 0 amide bonds. The van der Waals surface area contributed by atoms with Crippen molar-refractivity contribution in [3.05, 3.63) is 59.7 Å². The van der Waals surface area contributed by atoms with Gasteiger partial charge >= 0.3 is 0 Å². The van der Waals surface area contributed by atoms with Crippen LogP contribution in [0.2, 0.25) is 0 Å². The van der Waals surface area contributed by atoms with E-state index in [4.69, 9.17) is 4.74 Å². The van der Waals surface area contributed by atoms with Gasteiger partial charge in [0.15, 0.2) is 17.3 Å². The summed E-state index contributed by atoms with van der Waals surface area (Å²) in [4.78, 5) is 20.2. The quantitative estimate of drug-likeness (QED) is 0.474. The first-order valence-electron chi connectivity index (χ1n) is 10.2. The number of anilines is 1. The zero-order chi connectivity index (χ0) is 22.7. The average molecular weight is 439 g/mol. The Morgan fingerprint density at radius 3 is 2.31 bits per heavy atom. The van der Waals surface area contributed by atoms with Crippen molar-refractivity contribution in [2.24, 2.45) is 7.05 Å². The van der Waals surface area contributed by atoms with Crippen LogP contribution in [0.25, 0.3) is 22.4 Å². The molecule has 1 saturated heterocycles. The average Bonchev–Trinajstić information content (AvgIpc) is 3.28. The summed E-state index contributed by atoms with van der Waals surface area (Å²) in [6.07, 6.45) is 3.64. The molecule has 0 atom stereocenters. The van der Waals surface area contributed by atoms with Crippen molar-refractivity contribution in [3.63, 3.8) is 0 Å². The number of morpholine rings is 1. The summed E-state index contributed by atoms with van der Waals surface area (Å²) in [5.74, 6) is -1.35. The predicted octanol–water partition coefficient (Wildman–Crippen LogP) is 3.24. The van der Waals surface area contributed by atoms with Crippen LogP contribution in [-0.4, -0.2) is 56.0 Å². The molecule has 0 spiro atoms. The molecule has 1 aliphatic rings. The van der Waals surface area contributed by atoms with Gasteiger partial charge in [-0.15, -0.1) is 0 Å². The highest BCUT2D eigenvalue weighted by atomic mass is 19.2. The van der Waals surface area contributed by atoms with E-state index in [1.807, 2.05) is 38.1 Å². The molecule has 10 heteroatoms. The normalized spacial score (nSPS) is 13.7. The van der Waals surface area contributed by atoms with Gasteiger partial charge in [-0.1, -0.05) is 0 Å². The Labute approximate surface area is 183 Å². The van der Waals surface area contributed by atoms with E-state index in [0.717, 1.165) is 23.5 Å². The molecule has 5 rings (SSSR count). The molecule has 0 N–H and O–H groups in total. The molecule has 0 aliphatic carbocycles. The van der Waals surface area contributed by atoms with Gasteiger partial charge in [-0.05, 0) is 38.1 Å². The number of hydrogen-bond acceptors (Lipinski definition) is 7. The van der Waals surface area contributed by atoms with E-state index in [-0.39, 0.29) is 0 Å². The summed E-state index contributed by atoms with van der Waals surface area (Å²) in [5, 5.41) is 3.83. The molecule has 0 saturated carbocycles. The lowest BCUT2D eigenvalue weighted by molar-refractivity contribution is 0.122. The predicted molar refractivity (Wildman–Crippen MR) is 116 cm³/mol. The highest BCUT2D eigenvalue weighted by Crippen LogP contribution is 2.28. The Morgan fingerprint density at radius 1 is 0.938 bits per heavy atom. The summed E-state index contributed by atoms with van der Waals surface area (Å²) in [6, 6.07) is 5.58. The molecular formula is C22H23F2N7O. The number of aromatic nitrogens is 6. The van der Waals surface area contributed by atoms with Crippen LogP contribution in [0.1, 0.15) is 11.4 Å². The second-order valence-electron chi connectivity index (χ2n) is 7.35. The van der Waals surface area contributed by atoms with Crippen LogP contribution in [0, 0.1) is 25.5 Å². The van der Waals surface area contributed by atoms with Crippen molar-refractivity contribution in [1.29, 1.82) is 0 Å². The van der Waals surface area contributed by atoms with Crippen molar-refractivity contribution in [1.82, 2.24) is 29.7 Å². The Bertz CT molecular complexity index is 1220. The number of aryl methyl sites for hydroxylation is 3. The lowest BCUT2D eigenvalue weighted by atomic mass is 10.1. The number of hydrogen-bond donors (Lipinski definition) is 0. The van der Waals surface area contributed by atoms with Crippen LogP contribution >= 0.6 is 0 Å². The van der Waals surface area contributed by atoms with E-state index in [2.05, 4.69) is 25.0 Å². The van der Waals surface area contributed by atoms with E-state index in [1.165, 1.54) is 6.07 Å². The van der Waals surface area contributed by atoms with Gasteiger partial charge in [0.05, 0.1) is 24.6 Å². The van der Waals surface area contributed by atoms with Crippen LogP contribution in [0.15, 0.2) is 36.7 Å². The molecule has 1 fully saturated rings. The third-order valence-corrected chi connectivity index (χ3v) is 5.05. The zero-order valence-corrected chi connectivity index (χ0v) is 18.1. The van der Waals surface area contributed by atoms with Crippen LogP contribution in [0.4, 0.5) is 14.7 Å². The minimum Gasteiger partial charge on any atom is -0.378 e. The topological polar surface area (TPSA) is 81.9 Å². The van der Waals surface area contributed by atoms with Gasteiger partial charge in [0.1, 0.15) is 11.2 Å². The molecule has 32 heavy (non-hydrogen) atoms. The smallest absolute Gasteiger partial charge is 0.228 e. The van der Waals surface area contributed by atoms with Crippen molar-refractivity contribution >= 4 is 17.1 Å².